The van der Waals surface area contributed by atoms with Gasteiger partial charge < -0.3 is 29.0 Å². The summed E-state index contributed by atoms with van der Waals surface area (Å²) in [7, 11) is 0. The van der Waals surface area contributed by atoms with Gasteiger partial charge in [-0.25, -0.2) is 0 Å². The van der Waals surface area contributed by atoms with Crippen molar-refractivity contribution in [1.82, 2.24) is 0 Å². The van der Waals surface area contributed by atoms with Crippen molar-refractivity contribution < 1.29 is 33.6 Å². The van der Waals surface area contributed by atoms with Gasteiger partial charge in [0.05, 0.1) is 64.0 Å². The number of benzene rings is 2. The van der Waals surface area contributed by atoms with Gasteiger partial charge in [0.25, 0.3) is 0 Å². The number of carbonyl (C=O) groups is 2. The summed E-state index contributed by atoms with van der Waals surface area (Å²) in [6.07, 6.45) is 0. The smallest absolute Gasteiger partial charge is 0.200 e. The third-order valence-electron chi connectivity index (χ3n) is 5.50. The molecule has 1 saturated heterocycles. The summed E-state index contributed by atoms with van der Waals surface area (Å²) < 4.78 is 22.3. The number of anilines is 1. The van der Waals surface area contributed by atoms with Crippen molar-refractivity contribution >= 4 is 17.3 Å². The van der Waals surface area contributed by atoms with E-state index in [0.29, 0.717) is 82.8 Å². The van der Waals surface area contributed by atoms with E-state index in [1.54, 1.807) is 24.3 Å². The number of fused-ring (bicyclic) bond motifs is 2. The Labute approximate surface area is 186 Å². The number of rotatable bonds is 1. The van der Waals surface area contributed by atoms with Crippen molar-refractivity contribution in [1.29, 1.82) is 0 Å². The van der Waals surface area contributed by atoms with Crippen molar-refractivity contribution in [3.8, 4) is 5.75 Å². The second-order valence-corrected chi connectivity index (χ2v) is 7.49. The lowest BCUT2D eigenvalue weighted by molar-refractivity contribution is 0.00206. The Bertz CT molecular complexity index is 959. The molecule has 0 aromatic heterocycles. The third-order valence-corrected chi connectivity index (χ3v) is 5.50. The van der Waals surface area contributed by atoms with E-state index in [9.17, 15) is 14.7 Å². The fraction of sp³-hybridized carbons (Fsp3) is 0.417. The molecule has 8 heteroatoms. The first-order chi connectivity index (χ1) is 15.7. The molecule has 0 unspecified atom stereocenters. The van der Waals surface area contributed by atoms with Crippen LogP contribution in [0.4, 0.5) is 5.69 Å². The van der Waals surface area contributed by atoms with E-state index >= 15 is 0 Å². The number of ether oxygens (including phenoxy) is 4. The van der Waals surface area contributed by atoms with Gasteiger partial charge in [-0.05, 0) is 12.1 Å². The van der Waals surface area contributed by atoms with E-state index in [1.165, 1.54) is 6.07 Å². The van der Waals surface area contributed by atoms with Gasteiger partial charge >= 0.3 is 0 Å². The van der Waals surface area contributed by atoms with Crippen LogP contribution in [0.15, 0.2) is 36.4 Å². The van der Waals surface area contributed by atoms with Gasteiger partial charge in [-0.2, -0.15) is 0 Å². The topological polar surface area (TPSA) is 94.5 Å². The van der Waals surface area contributed by atoms with E-state index in [4.69, 9.17) is 18.9 Å². The van der Waals surface area contributed by atoms with Crippen LogP contribution < -0.4 is 4.90 Å². The standard InChI is InChI=1S/C24H27NO7/c26-20-6-2-4-18-22(20)24(28)21-17(23(18)27)3-1-5-19(21)25-7-9-29-11-13-31-15-16-32-14-12-30-10-8-25/h1-6,26H,7-16H2. The number of aromatic hydroxyl groups is 1. The number of phenolic OH excluding ortho intramolecular Hbond substituents is 1. The molecule has 0 radical (unpaired) electrons. The SMILES string of the molecule is O=C1c2cccc(O)c2C(=O)c2c1cccc2N1CCOCCOCCOCCOCC1. The molecule has 2 aliphatic rings. The van der Waals surface area contributed by atoms with Crippen LogP contribution in [0.2, 0.25) is 0 Å². The quantitative estimate of drug-likeness (QED) is 0.613. The largest absolute Gasteiger partial charge is 0.507 e. The number of carbonyl (C=O) groups excluding carboxylic acids is 2. The summed E-state index contributed by atoms with van der Waals surface area (Å²) in [6, 6.07) is 9.80. The van der Waals surface area contributed by atoms with Gasteiger partial charge in [-0.15, -0.1) is 0 Å². The lowest BCUT2D eigenvalue weighted by Crippen LogP contribution is -2.34. The Morgan fingerprint density at radius 2 is 1.12 bits per heavy atom. The molecule has 1 fully saturated rings. The number of ketones is 2. The molecule has 0 amide bonds. The molecule has 1 N–H and O–H groups in total. The van der Waals surface area contributed by atoms with E-state index in [2.05, 4.69) is 0 Å². The van der Waals surface area contributed by atoms with Crippen molar-refractivity contribution in [2.45, 2.75) is 0 Å². The predicted octanol–water partition coefficient (Wildman–Crippen LogP) is 2.05. The lowest BCUT2D eigenvalue weighted by Gasteiger charge is -2.29. The van der Waals surface area contributed by atoms with Gasteiger partial charge in [-0.3, -0.25) is 9.59 Å². The van der Waals surface area contributed by atoms with Crippen LogP contribution in [-0.4, -0.2) is 82.6 Å². The summed E-state index contributed by atoms with van der Waals surface area (Å²) in [5, 5.41) is 10.3. The molecule has 1 heterocycles. The van der Waals surface area contributed by atoms with Crippen LogP contribution >= 0.6 is 0 Å². The summed E-state index contributed by atoms with van der Waals surface area (Å²) in [5.74, 6) is -0.819. The zero-order valence-corrected chi connectivity index (χ0v) is 17.9. The van der Waals surface area contributed by atoms with E-state index < -0.39 is 0 Å². The molecular weight excluding hydrogens is 414 g/mol. The minimum Gasteiger partial charge on any atom is -0.507 e. The van der Waals surface area contributed by atoms with Crippen LogP contribution in [0.25, 0.3) is 0 Å². The summed E-state index contributed by atoms with van der Waals surface area (Å²) in [5.41, 5.74) is 1.54. The zero-order valence-electron chi connectivity index (χ0n) is 17.9. The van der Waals surface area contributed by atoms with Gasteiger partial charge in [-0.1, -0.05) is 24.3 Å². The van der Waals surface area contributed by atoms with Gasteiger partial charge in [0, 0.05) is 29.9 Å². The number of phenols is 1. The Kier molecular flexibility index (Phi) is 7.49. The molecule has 2 aromatic rings. The fourth-order valence-corrected chi connectivity index (χ4v) is 3.93. The number of hydrogen-bond acceptors (Lipinski definition) is 8. The second-order valence-electron chi connectivity index (χ2n) is 7.49. The van der Waals surface area contributed by atoms with E-state index in [0.717, 1.165) is 0 Å². The molecule has 1 aliphatic carbocycles. The highest BCUT2D eigenvalue weighted by Gasteiger charge is 2.34. The molecule has 0 atom stereocenters. The first-order valence-electron chi connectivity index (χ1n) is 10.8. The average molecular weight is 441 g/mol. The molecule has 4 rings (SSSR count). The maximum absolute atomic E-state index is 13.4. The number of hydrogen-bond donors (Lipinski definition) is 1. The highest BCUT2D eigenvalue weighted by Crippen LogP contribution is 2.37. The predicted molar refractivity (Wildman–Crippen MR) is 117 cm³/mol. The monoisotopic (exact) mass is 441 g/mol. The van der Waals surface area contributed by atoms with Crippen molar-refractivity contribution in [2.24, 2.45) is 0 Å². The van der Waals surface area contributed by atoms with Crippen LogP contribution in [0, 0.1) is 0 Å². The Morgan fingerprint density at radius 3 is 1.72 bits per heavy atom. The minimum absolute atomic E-state index is 0.0533. The normalized spacial score (nSPS) is 18.9. The summed E-state index contributed by atoms with van der Waals surface area (Å²) in [6.45, 7) is 4.74. The molecule has 2 aromatic carbocycles. The van der Waals surface area contributed by atoms with Gasteiger partial charge in [0.15, 0.2) is 11.6 Å². The third kappa shape index (κ3) is 4.83. The minimum atomic E-state index is -0.358. The maximum Gasteiger partial charge on any atom is 0.200 e. The Balaban J connectivity index is 1.62. The van der Waals surface area contributed by atoms with Crippen molar-refractivity contribution in [3.63, 3.8) is 0 Å². The van der Waals surface area contributed by atoms with Crippen LogP contribution in [0.3, 0.4) is 0 Å². The number of nitrogens with zero attached hydrogens (tertiary/aromatic N) is 1. The first-order valence-corrected chi connectivity index (χ1v) is 10.8. The highest BCUT2D eigenvalue weighted by atomic mass is 16.6. The average Bonchev–Trinajstić information content (AvgIpc) is 2.81. The van der Waals surface area contributed by atoms with Crippen LogP contribution in [0.5, 0.6) is 5.75 Å². The van der Waals surface area contributed by atoms with Crippen LogP contribution in [-0.2, 0) is 18.9 Å². The molecular formula is C24H27NO7. The van der Waals surface area contributed by atoms with Gasteiger partial charge in [0.2, 0.25) is 0 Å². The first kappa shape index (κ1) is 22.4. The van der Waals surface area contributed by atoms with Crippen molar-refractivity contribution in [2.75, 3.05) is 70.8 Å². The molecule has 0 saturated carbocycles. The molecule has 170 valence electrons. The fourth-order valence-electron chi connectivity index (χ4n) is 3.93. The second kappa shape index (κ2) is 10.7. The van der Waals surface area contributed by atoms with E-state index in [-0.39, 0.29) is 28.4 Å². The molecule has 32 heavy (non-hydrogen) atoms. The lowest BCUT2D eigenvalue weighted by atomic mass is 9.82. The highest BCUT2D eigenvalue weighted by molar-refractivity contribution is 6.31. The Morgan fingerprint density at radius 1 is 0.625 bits per heavy atom. The Hall–Kier alpha value is -2.78. The maximum atomic E-state index is 13.4. The zero-order chi connectivity index (χ0) is 22.3. The van der Waals surface area contributed by atoms with E-state index in [1.807, 2.05) is 11.0 Å². The summed E-state index contributed by atoms with van der Waals surface area (Å²) >= 11 is 0. The molecule has 8 nitrogen and oxygen atoms in total. The van der Waals surface area contributed by atoms with Gasteiger partial charge in [0.1, 0.15) is 5.75 Å². The van der Waals surface area contributed by atoms with Crippen LogP contribution in [0.1, 0.15) is 31.8 Å². The summed E-state index contributed by atoms with van der Waals surface area (Å²) in [4.78, 5) is 28.5. The molecule has 0 spiro atoms. The molecule has 1 aliphatic heterocycles. The molecule has 0 bridgehead atoms. The van der Waals surface area contributed by atoms with Crippen molar-refractivity contribution in [3.05, 3.63) is 58.7 Å².